The van der Waals surface area contributed by atoms with Crippen LogP contribution < -0.4 is 0 Å². The van der Waals surface area contributed by atoms with Gasteiger partial charge in [-0.2, -0.15) is 5.10 Å². The molecule has 0 amide bonds. The molecule has 0 bridgehead atoms. The van der Waals surface area contributed by atoms with Crippen LogP contribution in [0, 0.1) is 10.1 Å². The largest absolute Gasteiger partial charge is 0.328 e. The highest BCUT2D eigenvalue weighted by Gasteiger charge is 2.11. The van der Waals surface area contributed by atoms with E-state index in [9.17, 15) is 0 Å². The van der Waals surface area contributed by atoms with Crippen LogP contribution in [0.4, 0.5) is 0 Å². The fourth-order valence-electron chi connectivity index (χ4n) is 1.19. The lowest BCUT2D eigenvalue weighted by Crippen LogP contribution is -1.94. The molecule has 112 valence electrons. The first-order valence-corrected chi connectivity index (χ1v) is 7.36. The van der Waals surface area contributed by atoms with E-state index in [1.807, 2.05) is 18.2 Å². The molecule has 0 unspecified atom stereocenters. The summed E-state index contributed by atoms with van der Waals surface area (Å²) >= 11 is 19.1. The quantitative estimate of drug-likeness (QED) is 0.535. The van der Waals surface area contributed by atoms with Crippen LogP contribution in [-0.2, 0) is 0 Å². The molecule has 2 aromatic rings. The Hall–Kier alpha value is -1.16. The van der Waals surface area contributed by atoms with Crippen molar-refractivity contribution in [2.45, 2.75) is 0 Å². The Balaban J connectivity index is 0.000000491. The Morgan fingerprint density at radius 3 is 2.48 bits per heavy atom. The molecule has 1 heterocycles. The maximum atomic E-state index is 8.36. The van der Waals surface area contributed by atoms with Crippen LogP contribution in [0.2, 0.25) is 0 Å². The molecule has 0 spiro atoms. The van der Waals surface area contributed by atoms with E-state index in [0.717, 1.165) is 14.5 Å². The molecule has 7 nitrogen and oxygen atoms in total. The fraction of sp³-hybridized carbons (Fsp3) is 0. The van der Waals surface area contributed by atoms with E-state index in [0.29, 0.717) is 10.2 Å². The second-order valence-electron chi connectivity index (χ2n) is 3.31. The minimum absolute atomic E-state index is 0.298. The lowest BCUT2D eigenvalue weighted by atomic mass is 10.2. The molecule has 11 heteroatoms. The van der Waals surface area contributed by atoms with Gasteiger partial charge in [0.15, 0.2) is 5.16 Å². The highest BCUT2D eigenvalue weighted by molar-refractivity contribution is 9.11. The van der Waals surface area contributed by atoms with Crippen molar-refractivity contribution in [2.24, 2.45) is 0 Å². The first kappa shape index (κ1) is 17.9. The summed E-state index contributed by atoms with van der Waals surface area (Å²) in [6.07, 6.45) is 2.88. The van der Waals surface area contributed by atoms with Gasteiger partial charge >= 0.3 is 0 Å². The molecule has 0 aliphatic heterocycles. The van der Waals surface area contributed by atoms with E-state index in [1.54, 1.807) is 0 Å². The van der Waals surface area contributed by atoms with Crippen LogP contribution in [0.3, 0.4) is 0 Å². The molecule has 1 N–H and O–H groups in total. The zero-order valence-electron chi connectivity index (χ0n) is 9.95. The first-order chi connectivity index (χ1) is 9.82. The molecule has 21 heavy (non-hydrogen) atoms. The van der Waals surface area contributed by atoms with Gasteiger partial charge in [-0.25, -0.2) is 9.67 Å². The Morgan fingerprint density at radius 2 is 2.00 bits per heavy atom. The summed E-state index contributed by atoms with van der Waals surface area (Å²) in [4.78, 5) is 12.2. The molecule has 0 fully saturated rings. The predicted octanol–water partition coefficient (Wildman–Crippen LogP) is 4.22. The Morgan fingerprint density at radius 1 is 1.38 bits per heavy atom. The lowest BCUT2D eigenvalue weighted by Gasteiger charge is -2.06. The Bertz CT molecular complexity index is 660. The van der Waals surface area contributed by atoms with Gasteiger partial charge in [0.2, 0.25) is 0 Å². The number of hydrogen-bond acceptors (Lipinski definition) is 4. The smallest absolute Gasteiger partial charge is 0.291 e. The topological polar surface area (TPSA) is 94.1 Å². The Kier molecular flexibility index (Phi) is 7.09. The van der Waals surface area contributed by atoms with Crippen molar-refractivity contribution < 1.29 is 10.3 Å². The molecule has 1 aromatic carbocycles. The van der Waals surface area contributed by atoms with Crippen molar-refractivity contribution >= 4 is 65.3 Å². The maximum Gasteiger partial charge on any atom is 0.291 e. The molecule has 1 aromatic heterocycles. The molecule has 2 rings (SSSR count). The maximum absolute atomic E-state index is 8.36. The van der Waals surface area contributed by atoms with E-state index < -0.39 is 5.09 Å². The van der Waals surface area contributed by atoms with Gasteiger partial charge in [-0.15, -0.1) is 10.1 Å². The molecule has 0 radical (unpaired) electrons. The number of nitrogens with zero attached hydrogens (tertiary/aromatic N) is 4. The fourth-order valence-corrected chi connectivity index (χ4v) is 2.99. The number of aromatic nitrogens is 3. The number of rotatable bonds is 2. The summed E-state index contributed by atoms with van der Waals surface area (Å²) in [5.41, 5.74) is 0.787. The third kappa shape index (κ3) is 5.62. The average Bonchev–Trinajstić information content (AvgIpc) is 2.90. The molecular formula is C10H6Br2Cl2N4O3. The summed E-state index contributed by atoms with van der Waals surface area (Å²) in [5, 5.41) is 18.3. The normalized spacial score (nSPS) is 11.2. The van der Waals surface area contributed by atoms with E-state index >= 15 is 0 Å². The van der Waals surface area contributed by atoms with Crippen LogP contribution in [-0.4, -0.2) is 25.1 Å². The van der Waals surface area contributed by atoms with Gasteiger partial charge in [-0.3, -0.25) is 0 Å². The van der Waals surface area contributed by atoms with E-state index in [4.69, 9.17) is 38.5 Å². The van der Waals surface area contributed by atoms with Gasteiger partial charge < -0.3 is 5.21 Å². The number of hydrogen-bond donors (Lipinski definition) is 1. The predicted molar refractivity (Wildman–Crippen MR) is 85.5 cm³/mol. The molecule has 0 aliphatic carbocycles. The van der Waals surface area contributed by atoms with Crippen molar-refractivity contribution in [3.63, 3.8) is 0 Å². The molecular weight excluding hydrogens is 455 g/mol. The summed E-state index contributed by atoms with van der Waals surface area (Å²) in [5.74, 6) is 0. The summed E-state index contributed by atoms with van der Waals surface area (Å²) < 4.78 is 3.20. The van der Waals surface area contributed by atoms with Crippen molar-refractivity contribution in [1.82, 2.24) is 14.8 Å². The first-order valence-electron chi connectivity index (χ1n) is 5.02. The third-order valence-corrected chi connectivity index (χ3v) is 3.96. The van der Waals surface area contributed by atoms with Gasteiger partial charge in [0, 0.05) is 14.5 Å². The highest BCUT2D eigenvalue weighted by atomic mass is 79.9. The molecule has 0 aliphatic rings. The third-order valence-electron chi connectivity index (χ3n) is 1.97. The van der Waals surface area contributed by atoms with Gasteiger partial charge in [0.05, 0.1) is 5.03 Å². The summed E-state index contributed by atoms with van der Waals surface area (Å²) in [6.45, 7) is 0. The average molecular weight is 461 g/mol. The number of benzene rings is 1. The van der Waals surface area contributed by atoms with Gasteiger partial charge in [0.1, 0.15) is 12.7 Å². The van der Waals surface area contributed by atoms with E-state index in [-0.39, 0.29) is 0 Å². The summed E-state index contributed by atoms with van der Waals surface area (Å²) in [6, 6.07) is 5.63. The molecule has 0 saturated carbocycles. The monoisotopic (exact) mass is 458 g/mol. The summed E-state index contributed by atoms with van der Waals surface area (Å²) in [7, 11) is 0. The van der Waals surface area contributed by atoms with Crippen molar-refractivity contribution in [3.05, 3.63) is 55.5 Å². The zero-order chi connectivity index (χ0) is 16.0. The van der Waals surface area contributed by atoms with Gasteiger partial charge in [-0.05, 0) is 12.1 Å². The van der Waals surface area contributed by atoms with E-state index in [2.05, 4.69) is 41.9 Å². The van der Waals surface area contributed by atoms with Crippen molar-refractivity contribution in [1.29, 1.82) is 0 Å². The molecule has 0 saturated heterocycles. The molecule has 0 atom stereocenters. The van der Waals surface area contributed by atoms with E-state index in [1.165, 1.54) is 17.3 Å². The van der Waals surface area contributed by atoms with Crippen molar-refractivity contribution in [3.8, 4) is 0 Å². The SMILES string of the molecule is ClC(=C(Cl)n1cncn1)c1ccc(Br)cc1Br.O=[N+]([O-])O. The van der Waals surface area contributed by atoms with Gasteiger partial charge in [0.25, 0.3) is 5.09 Å². The van der Waals surface area contributed by atoms with Crippen molar-refractivity contribution in [2.75, 3.05) is 0 Å². The minimum Gasteiger partial charge on any atom is -0.328 e. The van der Waals surface area contributed by atoms with Crippen LogP contribution in [0.1, 0.15) is 5.56 Å². The second kappa shape index (κ2) is 8.32. The van der Waals surface area contributed by atoms with Crippen LogP contribution in [0.15, 0.2) is 39.8 Å². The zero-order valence-corrected chi connectivity index (χ0v) is 14.6. The second-order valence-corrected chi connectivity index (χ2v) is 5.81. The minimum atomic E-state index is -1.50. The lowest BCUT2D eigenvalue weighted by molar-refractivity contribution is -0.742. The van der Waals surface area contributed by atoms with Crippen LogP contribution in [0.5, 0.6) is 0 Å². The highest BCUT2D eigenvalue weighted by Crippen LogP contribution is 2.34. The van der Waals surface area contributed by atoms with Crippen LogP contribution >= 0.6 is 55.1 Å². The Labute approximate surface area is 145 Å². The standard InChI is InChI=1S/C10H5Br2Cl2N3.HNO3/c11-6-1-2-7(8(12)3-6)9(13)10(14)17-5-15-4-16-17;2-1(3)4/h1-5H;(H,2,3,4). The van der Waals surface area contributed by atoms with Crippen LogP contribution in [0.25, 0.3) is 10.2 Å². The number of halogens is 4. The van der Waals surface area contributed by atoms with Gasteiger partial charge in [-0.1, -0.05) is 61.1 Å².